The largest absolute Gasteiger partial charge is 0.480 e. The molecule has 0 radical (unpaired) electrons. The highest BCUT2D eigenvalue weighted by Crippen LogP contribution is 2.12. The summed E-state index contributed by atoms with van der Waals surface area (Å²) in [6.45, 7) is 1.88. The second-order valence-corrected chi connectivity index (χ2v) is 4.11. The van der Waals surface area contributed by atoms with E-state index in [4.69, 9.17) is 5.11 Å². The van der Waals surface area contributed by atoms with E-state index in [1.165, 1.54) is 6.07 Å². The molecule has 1 aromatic rings. The zero-order chi connectivity index (χ0) is 14.4. The third-order valence-corrected chi connectivity index (χ3v) is 2.65. The molecular formula is C13H15F2NO3. The number of unbranched alkanes of at least 4 members (excludes halogenated alkanes) is 1. The molecule has 6 heteroatoms. The van der Waals surface area contributed by atoms with Gasteiger partial charge in [-0.15, -0.1) is 0 Å². The molecule has 0 heterocycles. The molecule has 1 rings (SSSR count). The van der Waals surface area contributed by atoms with E-state index >= 15 is 0 Å². The second kappa shape index (κ2) is 6.82. The van der Waals surface area contributed by atoms with Crippen LogP contribution in [0.1, 0.15) is 36.5 Å². The van der Waals surface area contributed by atoms with Crippen LogP contribution in [0.2, 0.25) is 0 Å². The number of amides is 1. The molecule has 0 bridgehead atoms. The van der Waals surface area contributed by atoms with Crippen molar-refractivity contribution in [2.75, 3.05) is 0 Å². The average molecular weight is 271 g/mol. The van der Waals surface area contributed by atoms with E-state index < -0.39 is 35.1 Å². The van der Waals surface area contributed by atoms with Gasteiger partial charge in [-0.1, -0.05) is 25.8 Å². The first-order valence-electron chi connectivity index (χ1n) is 5.95. The van der Waals surface area contributed by atoms with Crippen LogP contribution in [0, 0.1) is 11.6 Å². The predicted octanol–water partition coefficient (Wildman–Crippen LogP) is 2.34. The fourth-order valence-corrected chi connectivity index (χ4v) is 1.58. The summed E-state index contributed by atoms with van der Waals surface area (Å²) in [5, 5.41) is 11.1. The van der Waals surface area contributed by atoms with Crippen LogP contribution in [-0.2, 0) is 4.79 Å². The van der Waals surface area contributed by atoms with Gasteiger partial charge in [0, 0.05) is 0 Å². The summed E-state index contributed by atoms with van der Waals surface area (Å²) in [6, 6.07) is 2.08. The van der Waals surface area contributed by atoms with Gasteiger partial charge in [0.1, 0.15) is 6.04 Å². The van der Waals surface area contributed by atoms with Crippen LogP contribution in [0.5, 0.6) is 0 Å². The standard InChI is InChI=1S/C13H15F2NO3/c1-2-3-7-10(13(18)19)16-12(17)8-5-4-6-9(14)11(8)15/h4-6,10H,2-3,7H2,1H3,(H,16,17)(H,18,19)/t10-/m1/s1. The lowest BCUT2D eigenvalue weighted by molar-refractivity contribution is -0.139. The molecule has 0 saturated heterocycles. The molecule has 0 aliphatic heterocycles. The van der Waals surface area contributed by atoms with Gasteiger partial charge in [0.25, 0.3) is 5.91 Å². The van der Waals surface area contributed by atoms with Crippen molar-refractivity contribution < 1.29 is 23.5 Å². The van der Waals surface area contributed by atoms with Crippen molar-refractivity contribution in [1.29, 1.82) is 0 Å². The molecule has 4 nitrogen and oxygen atoms in total. The van der Waals surface area contributed by atoms with E-state index in [-0.39, 0.29) is 6.42 Å². The van der Waals surface area contributed by atoms with Gasteiger partial charge < -0.3 is 10.4 Å². The van der Waals surface area contributed by atoms with Crippen molar-refractivity contribution in [3.63, 3.8) is 0 Å². The first kappa shape index (κ1) is 15.1. The maximum atomic E-state index is 13.4. The minimum atomic E-state index is -1.28. The van der Waals surface area contributed by atoms with Gasteiger partial charge in [-0.25, -0.2) is 13.6 Å². The lowest BCUT2D eigenvalue weighted by atomic mass is 10.1. The van der Waals surface area contributed by atoms with Gasteiger partial charge in [-0.05, 0) is 18.6 Å². The van der Waals surface area contributed by atoms with Crippen molar-refractivity contribution >= 4 is 11.9 Å². The molecule has 104 valence electrons. The Hall–Kier alpha value is -1.98. The Bertz CT molecular complexity index is 477. The Morgan fingerprint density at radius 3 is 2.63 bits per heavy atom. The van der Waals surface area contributed by atoms with Crippen molar-refractivity contribution in [3.8, 4) is 0 Å². The molecule has 1 amide bonds. The normalized spacial score (nSPS) is 11.9. The molecule has 0 fully saturated rings. The minimum Gasteiger partial charge on any atom is -0.480 e. The van der Waals surface area contributed by atoms with E-state index in [1.54, 1.807) is 0 Å². The molecular weight excluding hydrogens is 256 g/mol. The van der Waals surface area contributed by atoms with Crippen LogP contribution in [0.15, 0.2) is 18.2 Å². The number of rotatable bonds is 6. The van der Waals surface area contributed by atoms with Crippen molar-refractivity contribution in [3.05, 3.63) is 35.4 Å². The summed E-state index contributed by atoms with van der Waals surface area (Å²) >= 11 is 0. The highest BCUT2D eigenvalue weighted by molar-refractivity contribution is 5.96. The lowest BCUT2D eigenvalue weighted by Crippen LogP contribution is -2.41. The highest BCUT2D eigenvalue weighted by Gasteiger charge is 2.22. The third-order valence-electron chi connectivity index (χ3n) is 2.65. The summed E-state index contributed by atoms with van der Waals surface area (Å²) in [7, 11) is 0. The van der Waals surface area contributed by atoms with E-state index in [9.17, 15) is 18.4 Å². The van der Waals surface area contributed by atoms with Crippen LogP contribution in [-0.4, -0.2) is 23.0 Å². The number of hydrogen-bond donors (Lipinski definition) is 2. The molecule has 19 heavy (non-hydrogen) atoms. The second-order valence-electron chi connectivity index (χ2n) is 4.11. The number of carbonyl (C=O) groups is 2. The first-order chi connectivity index (χ1) is 8.97. The molecule has 0 aromatic heterocycles. The van der Waals surface area contributed by atoms with Crippen LogP contribution < -0.4 is 5.32 Å². The van der Waals surface area contributed by atoms with Crippen molar-refractivity contribution in [2.24, 2.45) is 0 Å². The summed E-state index contributed by atoms with van der Waals surface area (Å²) in [6.07, 6.45) is 1.63. The molecule has 0 saturated carbocycles. The highest BCUT2D eigenvalue weighted by atomic mass is 19.2. The maximum Gasteiger partial charge on any atom is 0.326 e. The van der Waals surface area contributed by atoms with E-state index in [0.29, 0.717) is 6.42 Å². The fourth-order valence-electron chi connectivity index (χ4n) is 1.58. The van der Waals surface area contributed by atoms with Gasteiger partial charge in [0.15, 0.2) is 11.6 Å². The number of benzene rings is 1. The molecule has 0 aliphatic rings. The molecule has 0 aliphatic carbocycles. The smallest absolute Gasteiger partial charge is 0.326 e. The Morgan fingerprint density at radius 2 is 2.05 bits per heavy atom. The molecule has 0 spiro atoms. The number of hydrogen-bond acceptors (Lipinski definition) is 2. The monoisotopic (exact) mass is 271 g/mol. The predicted molar refractivity (Wildman–Crippen MR) is 64.8 cm³/mol. The third kappa shape index (κ3) is 4.01. The van der Waals surface area contributed by atoms with Gasteiger partial charge in [-0.2, -0.15) is 0 Å². The van der Waals surface area contributed by atoms with E-state index in [0.717, 1.165) is 18.6 Å². The SMILES string of the molecule is CCCC[C@@H](NC(=O)c1cccc(F)c1F)C(=O)O. The number of carboxylic acid groups (broad SMARTS) is 1. The Morgan fingerprint density at radius 1 is 1.37 bits per heavy atom. The zero-order valence-electron chi connectivity index (χ0n) is 10.5. The van der Waals surface area contributed by atoms with Gasteiger partial charge in [-0.3, -0.25) is 4.79 Å². The first-order valence-corrected chi connectivity index (χ1v) is 5.95. The number of aliphatic carboxylic acids is 1. The molecule has 2 N–H and O–H groups in total. The molecule has 1 atom stereocenters. The molecule has 0 unspecified atom stereocenters. The van der Waals surface area contributed by atoms with Crippen LogP contribution in [0.4, 0.5) is 8.78 Å². The van der Waals surface area contributed by atoms with Crippen LogP contribution in [0.3, 0.4) is 0 Å². The average Bonchev–Trinajstić information content (AvgIpc) is 2.37. The Balaban J connectivity index is 2.82. The number of halogens is 2. The van der Waals surface area contributed by atoms with Gasteiger partial charge >= 0.3 is 5.97 Å². The van der Waals surface area contributed by atoms with Crippen molar-refractivity contribution in [1.82, 2.24) is 5.32 Å². The Labute approximate surface area is 109 Å². The van der Waals surface area contributed by atoms with Gasteiger partial charge in [0.05, 0.1) is 5.56 Å². The summed E-state index contributed by atoms with van der Waals surface area (Å²) in [5.74, 6) is -4.55. The maximum absolute atomic E-state index is 13.4. The Kier molecular flexibility index (Phi) is 5.41. The summed E-state index contributed by atoms with van der Waals surface area (Å²) in [5.41, 5.74) is -0.497. The van der Waals surface area contributed by atoms with E-state index in [2.05, 4.69) is 5.32 Å². The number of carbonyl (C=O) groups excluding carboxylic acids is 1. The van der Waals surface area contributed by atoms with Crippen LogP contribution >= 0.6 is 0 Å². The van der Waals surface area contributed by atoms with Crippen LogP contribution in [0.25, 0.3) is 0 Å². The number of carboxylic acids is 1. The summed E-state index contributed by atoms with van der Waals surface area (Å²) < 4.78 is 26.3. The van der Waals surface area contributed by atoms with Crippen molar-refractivity contribution in [2.45, 2.75) is 32.2 Å². The van der Waals surface area contributed by atoms with Gasteiger partial charge in [0.2, 0.25) is 0 Å². The number of nitrogens with one attached hydrogen (secondary N) is 1. The summed E-state index contributed by atoms with van der Waals surface area (Å²) in [4.78, 5) is 22.7. The minimum absolute atomic E-state index is 0.245. The zero-order valence-corrected chi connectivity index (χ0v) is 10.5. The van der Waals surface area contributed by atoms with E-state index in [1.807, 2.05) is 6.92 Å². The fraction of sp³-hybridized carbons (Fsp3) is 0.385. The molecule has 1 aromatic carbocycles. The lowest BCUT2D eigenvalue weighted by Gasteiger charge is -2.14. The quantitative estimate of drug-likeness (QED) is 0.834. The topological polar surface area (TPSA) is 66.4 Å².